The van der Waals surface area contributed by atoms with E-state index in [4.69, 9.17) is 0 Å². The fraction of sp³-hybridized carbons (Fsp3) is 0.700. The molecule has 0 amide bonds. The largest absolute Gasteiger partial charge is 0.466 e. The van der Waals surface area contributed by atoms with Crippen LogP contribution < -0.4 is 0 Å². The molecule has 0 heterocycles. The minimum atomic E-state index is -2.20. The highest BCUT2D eigenvalue weighted by molar-refractivity contribution is 5.85. The molecule has 0 aromatic rings. The van der Waals surface area contributed by atoms with Crippen molar-refractivity contribution in [2.45, 2.75) is 32.3 Å². The summed E-state index contributed by atoms with van der Waals surface area (Å²) >= 11 is 0. The summed E-state index contributed by atoms with van der Waals surface area (Å²) in [5, 5.41) is 9.61. The maximum absolute atomic E-state index is 12.6. The minimum Gasteiger partial charge on any atom is -0.466 e. The third kappa shape index (κ3) is 6.62. The molecule has 0 aliphatic rings. The van der Waals surface area contributed by atoms with Crippen molar-refractivity contribution < 1.29 is 33.4 Å². The first-order valence-corrected chi connectivity index (χ1v) is 4.98. The number of aliphatic hydroxyl groups is 1. The van der Waals surface area contributed by atoms with Crippen LogP contribution in [0.25, 0.3) is 0 Å². The molecule has 0 radical (unpaired) electrons. The quantitative estimate of drug-likeness (QED) is 0.532. The van der Waals surface area contributed by atoms with Crippen molar-refractivity contribution in [3.8, 4) is 0 Å². The lowest BCUT2D eigenvalue weighted by molar-refractivity contribution is -0.163. The molecule has 1 unspecified atom stereocenters. The Balaban J connectivity index is 4.41. The zero-order valence-electron chi connectivity index (χ0n) is 9.69. The Hall–Kier alpha value is -1.50. The number of rotatable bonds is 6. The van der Waals surface area contributed by atoms with Crippen molar-refractivity contribution in [1.29, 1.82) is 0 Å². The molecule has 17 heavy (non-hydrogen) atoms. The average molecular weight is 250 g/mol. The predicted octanol–water partition coefficient (Wildman–Crippen LogP) is 0.120. The summed E-state index contributed by atoms with van der Waals surface area (Å²) in [6, 6.07) is 0. The van der Waals surface area contributed by atoms with Crippen molar-refractivity contribution >= 4 is 17.9 Å². The Morgan fingerprint density at radius 1 is 1.24 bits per heavy atom. The molecule has 1 N–H and O–H groups in total. The summed E-state index contributed by atoms with van der Waals surface area (Å²) in [6.07, 6.45) is -1.47. The Morgan fingerprint density at radius 3 is 2.18 bits per heavy atom. The average Bonchev–Trinajstić information content (AvgIpc) is 2.15. The maximum Gasteiger partial charge on any atom is 0.316 e. The molecule has 0 rings (SSSR count). The third-order valence-electron chi connectivity index (χ3n) is 1.76. The van der Waals surface area contributed by atoms with Crippen LogP contribution in [0.5, 0.6) is 0 Å². The molecular formula is C10H15FO6. The van der Waals surface area contributed by atoms with Crippen LogP contribution >= 0.6 is 0 Å². The van der Waals surface area contributed by atoms with E-state index >= 15 is 0 Å². The van der Waals surface area contributed by atoms with Gasteiger partial charge in [-0.25, -0.2) is 4.39 Å². The van der Waals surface area contributed by atoms with Gasteiger partial charge in [-0.2, -0.15) is 0 Å². The van der Waals surface area contributed by atoms with E-state index in [9.17, 15) is 23.9 Å². The summed E-state index contributed by atoms with van der Waals surface area (Å²) < 4.78 is 21.2. The van der Waals surface area contributed by atoms with E-state index in [0.717, 1.165) is 6.92 Å². The molecule has 0 saturated heterocycles. The van der Waals surface area contributed by atoms with E-state index in [2.05, 4.69) is 9.47 Å². The summed E-state index contributed by atoms with van der Waals surface area (Å²) in [4.78, 5) is 32.5. The first kappa shape index (κ1) is 15.5. The van der Waals surface area contributed by atoms with E-state index < -0.39 is 43.0 Å². The first-order valence-electron chi connectivity index (χ1n) is 4.98. The molecule has 0 bridgehead atoms. The SMILES string of the molecule is CCOC(=O)CC(O)(CF)CC(=O)OC(C)=O. The van der Waals surface area contributed by atoms with Gasteiger partial charge >= 0.3 is 17.9 Å². The zero-order chi connectivity index (χ0) is 13.5. The summed E-state index contributed by atoms with van der Waals surface area (Å²) in [6.45, 7) is 1.31. The molecule has 0 aliphatic heterocycles. The van der Waals surface area contributed by atoms with E-state index in [-0.39, 0.29) is 6.61 Å². The first-order chi connectivity index (χ1) is 7.83. The number of carbonyl (C=O) groups is 3. The lowest BCUT2D eigenvalue weighted by Crippen LogP contribution is -2.38. The van der Waals surface area contributed by atoms with E-state index in [1.54, 1.807) is 6.92 Å². The maximum atomic E-state index is 12.6. The second kappa shape index (κ2) is 6.95. The smallest absolute Gasteiger partial charge is 0.316 e. The topological polar surface area (TPSA) is 89.9 Å². The van der Waals surface area contributed by atoms with Gasteiger partial charge in [0.1, 0.15) is 12.3 Å². The van der Waals surface area contributed by atoms with Gasteiger partial charge in [0, 0.05) is 6.92 Å². The molecule has 0 aliphatic carbocycles. The van der Waals surface area contributed by atoms with Crippen molar-refractivity contribution in [3.05, 3.63) is 0 Å². The highest BCUT2D eigenvalue weighted by atomic mass is 19.1. The van der Waals surface area contributed by atoms with Crippen LogP contribution in [0.3, 0.4) is 0 Å². The van der Waals surface area contributed by atoms with Crippen molar-refractivity contribution in [2.24, 2.45) is 0 Å². The van der Waals surface area contributed by atoms with Crippen LogP contribution in [0.2, 0.25) is 0 Å². The number of esters is 3. The number of hydrogen-bond acceptors (Lipinski definition) is 6. The molecule has 98 valence electrons. The lowest BCUT2D eigenvalue weighted by atomic mass is 9.97. The molecule has 6 nitrogen and oxygen atoms in total. The molecule has 7 heteroatoms. The van der Waals surface area contributed by atoms with Crippen LogP contribution in [0.15, 0.2) is 0 Å². The Bertz CT molecular complexity index is 303. The van der Waals surface area contributed by atoms with Crippen molar-refractivity contribution in [1.82, 2.24) is 0 Å². The third-order valence-corrected chi connectivity index (χ3v) is 1.76. The number of halogens is 1. The molecule has 0 fully saturated rings. The minimum absolute atomic E-state index is 0.0824. The van der Waals surface area contributed by atoms with Crippen LogP contribution in [0, 0.1) is 0 Å². The standard InChI is InChI=1S/C10H15FO6/c1-3-16-8(13)4-10(15,6-11)5-9(14)17-7(2)12/h15H,3-6H2,1-2H3. The highest BCUT2D eigenvalue weighted by Gasteiger charge is 2.34. The highest BCUT2D eigenvalue weighted by Crippen LogP contribution is 2.18. The van der Waals surface area contributed by atoms with Crippen molar-refractivity contribution in [2.75, 3.05) is 13.3 Å². The van der Waals surface area contributed by atoms with Gasteiger partial charge in [0.25, 0.3) is 0 Å². The molecular weight excluding hydrogens is 235 g/mol. The fourth-order valence-corrected chi connectivity index (χ4v) is 1.10. The van der Waals surface area contributed by atoms with Gasteiger partial charge in [0.05, 0.1) is 19.4 Å². The number of hydrogen-bond donors (Lipinski definition) is 1. The Labute approximate surface area is 97.7 Å². The van der Waals surface area contributed by atoms with Crippen LogP contribution in [-0.2, 0) is 23.9 Å². The monoisotopic (exact) mass is 250 g/mol. The van der Waals surface area contributed by atoms with E-state index in [1.165, 1.54) is 0 Å². The fourth-order valence-electron chi connectivity index (χ4n) is 1.10. The van der Waals surface area contributed by atoms with Crippen LogP contribution in [0.4, 0.5) is 4.39 Å². The van der Waals surface area contributed by atoms with Crippen LogP contribution in [0.1, 0.15) is 26.7 Å². The second-order valence-corrected chi connectivity index (χ2v) is 3.48. The van der Waals surface area contributed by atoms with Gasteiger partial charge in [-0.3, -0.25) is 14.4 Å². The van der Waals surface area contributed by atoms with Gasteiger partial charge in [-0.05, 0) is 6.92 Å². The molecule has 0 aromatic carbocycles. The van der Waals surface area contributed by atoms with Gasteiger partial charge in [-0.1, -0.05) is 0 Å². The lowest BCUT2D eigenvalue weighted by Gasteiger charge is -2.22. The number of carbonyl (C=O) groups excluding carboxylic acids is 3. The normalized spacial score (nSPS) is 13.6. The van der Waals surface area contributed by atoms with Gasteiger partial charge in [0.2, 0.25) is 0 Å². The van der Waals surface area contributed by atoms with Gasteiger partial charge in [-0.15, -0.1) is 0 Å². The summed E-state index contributed by atoms with van der Waals surface area (Å²) in [5.41, 5.74) is -2.20. The Morgan fingerprint density at radius 2 is 1.76 bits per heavy atom. The summed E-state index contributed by atoms with van der Waals surface area (Å²) in [7, 11) is 0. The molecule has 0 saturated carbocycles. The van der Waals surface area contributed by atoms with Crippen molar-refractivity contribution in [3.63, 3.8) is 0 Å². The van der Waals surface area contributed by atoms with E-state index in [1.807, 2.05) is 0 Å². The Kier molecular flexibility index (Phi) is 6.34. The second-order valence-electron chi connectivity index (χ2n) is 3.48. The number of ether oxygens (including phenoxy) is 2. The predicted molar refractivity (Wildman–Crippen MR) is 53.6 cm³/mol. The van der Waals surface area contributed by atoms with Gasteiger partial charge < -0.3 is 14.6 Å². The van der Waals surface area contributed by atoms with Gasteiger partial charge in [0.15, 0.2) is 0 Å². The number of alkyl halides is 1. The molecule has 0 aromatic heterocycles. The summed E-state index contributed by atoms with van der Waals surface area (Å²) in [5.74, 6) is -2.79. The molecule has 1 atom stereocenters. The molecule has 0 spiro atoms. The zero-order valence-corrected chi connectivity index (χ0v) is 9.69. The van der Waals surface area contributed by atoms with E-state index in [0.29, 0.717) is 0 Å². The van der Waals surface area contributed by atoms with Crippen LogP contribution in [-0.4, -0.2) is 41.9 Å².